The standard InChI is InChI=1S/C16H18N2O4.ClH/c19-15(18-12-5-7-17-8-6-12)10-21-13-3-1-11-2-4-16(20)22-14(11)9-13;/h1-4,9,12,17H,5-8,10H2,(H,18,19);1H. The molecule has 3 rings (SSSR count). The Balaban J connectivity index is 0.00000192. The number of nitrogens with one attached hydrogen (secondary N) is 2. The Hall–Kier alpha value is -2.05. The molecule has 1 fully saturated rings. The van der Waals surface area contributed by atoms with E-state index in [2.05, 4.69) is 10.6 Å². The van der Waals surface area contributed by atoms with E-state index in [9.17, 15) is 9.59 Å². The monoisotopic (exact) mass is 338 g/mol. The summed E-state index contributed by atoms with van der Waals surface area (Å²) in [5.41, 5.74) is 0.0389. The summed E-state index contributed by atoms with van der Waals surface area (Å²) >= 11 is 0. The summed E-state index contributed by atoms with van der Waals surface area (Å²) in [7, 11) is 0. The van der Waals surface area contributed by atoms with E-state index >= 15 is 0 Å². The van der Waals surface area contributed by atoms with E-state index in [4.69, 9.17) is 9.15 Å². The van der Waals surface area contributed by atoms with E-state index in [0.717, 1.165) is 31.3 Å². The van der Waals surface area contributed by atoms with Crippen LogP contribution in [0.3, 0.4) is 0 Å². The van der Waals surface area contributed by atoms with Gasteiger partial charge in [-0.25, -0.2) is 4.79 Å². The number of piperidine rings is 1. The van der Waals surface area contributed by atoms with Gasteiger partial charge < -0.3 is 19.8 Å². The number of fused-ring (bicyclic) bond motifs is 1. The Morgan fingerprint density at radius 2 is 2.00 bits per heavy atom. The lowest BCUT2D eigenvalue weighted by molar-refractivity contribution is -0.123. The minimum absolute atomic E-state index is 0. The van der Waals surface area contributed by atoms with Gasteiger partial charge in [-0.1, -0.05) is 0 Å². The van der Waals surface area contributed by atoms with Crippen molar-refractivity contribution in [3.8, 4) is 5.75 Å². The van der Waals surface area contributed by atoms with E-state index in [1.54, 1.807) is 24.3 Å². The molecule has 1 amide bonds. The third-order valence-electron chi connectivity index (χ3n) is 3.67. The Kier molecular flexibility index (Phi) is 6.01. The maximum atomic E-state index is 11.9. The molecule has 2 aromatic rings. The van der Waals surface area contributed by atoms with Crippen molar-refractivity contribution in [2.75, 3.05) is 19.7 Å². The number of rotatable bonds is 4. The molecule has 0 bridgehead atoms. The minimum Gasteiger partial charge on any atom is -0.484 e. The largest absolute Gasteiger partial charge is 0.484 e. The van der Waals surface area contributed by atoms with Crippen molar-refractivity contribution in [2.24, 2.45) is 0 Å². The number of carbonyl (C=O) groups is 1. The number of hydrogen-bond donors (Lipinski definition) is 2. The molecule has 0 aliphatic carbocycles. The molecule has 23 heavy (non-hydrogen) atoms. The molecule has 0 radical (unpaired) electrons. The number of benzene rings is 1. The zero-order valence-electron chi connectivity index (χ0n) is 12.5. The third-order valence-corrected chi connectivity index (χ3v) is 3.67. The summed E-state index contributed by atoms with van der Waals surface area (Å²) in [4.78, 5) is 23.1. The summed E-state index contributed by atoms with van der Waals surface area (Å²) in [5.74, 6) is 0.365. The van der Waals surface area contributed by atoms with Gasteiger partial charge in [0.1, 0.15) is 11.3 Å². The lowest BCUT2D eigenvalue weighted by Crippen LogP contribution is -2.44. The summed E-state index contributed by atoms with van der Waals surface area (Å²) in [5, 5.41) is 7.02. The predicted octanol–water partition coefficient (Wildman–Crippen LogP) is 1.46. The van der Waals surface area contributed by atoms with Crippen LogP contribution in [0.2, 0.25) is 0 Å². The van der Waals surface area contributed by atoms with Gasteiger partial charge in [-0.15, -0.1) is 12.4 Å². The summed E-state index contributed by atoms with van der Waals surface area (Å²) < 4.78 is 10.6. The number of amides is 1. The molecule has 0 unspecified atom stereocenters. The molecule has 1 aromatic carbocycles. The lowest BCUT2D eigenvalue weighted by Gasteiger charge is -2.23. The fourth-order valence-electron chi connectivity index (χ4n) is 2.52. The van der Waals surface area contributed by atoms with Crippen LogP contribution in [-0.4, -0.2) is 31.6 Å². The molecule has 2 N–H and O–H groups in total. The number of carbonyl (C=O) groups excluding carboxylic acids is 1. The Labute approximate surface area is 139 Å². The van der Waals surface area contributed by atoms with Crippen LogP contribution in [0.15, 0.2) is 39.5 Å². The SMILES string of the molecule is Cl.O=C(COc1ccc2ccc(=O)oc2c1)NC1CCNCC1. The van der Waals surface area contributed by atoms with Gasteiger partial charge in [0.15, 0.2) is 6.61 Å². The van der Waals surface area contributed by atoms with Gasteiger partial charge in [-0.2, -0.15) is 0 Å². The van der Waals surface area contributed by atoms with Gasteiger partial charge in [0.2, 0.25) is 0 Å². The van der Waals surface area contributed by atoms with Gasteiger partial charge in [0.05, 0.1) is 0 Å². The fraction of sp³-hybridized carbons (Fsp3) is 0.375. The van der Waals surface area contributed by atoms with Crippen molar-refractivity contribution in [2.45, 2.75) is 18.9 Å². The smallest absolute Gasteiger partial charge is 0.336 e. The fourth-order valence-corrected chi connectivity index (χ4v) is 2.52. The summed E-state index contributed by atoms with van der Waals surface area (Å²) in [6, 6.07) is 8.43. The Morgan fingerprint density at radius 1 is 1.26 bits per heavy atom. The molecule has 6 nitrogen and oxygen atoms in total. The minimum atomic E-state index is -0.409. The molecule has 124 valence electrons. The molecular weight excluding hydrogens is 320 g/mol. The van der Waals surface area contributed by atoms with Crippen LogP contribution in [0.25, 0.3) is 11.0 Å². The first kappa shape index (κ1) is 17.3. The molecule has 1 aromatic heterocycles. The zero-order valence-corrected chi connectivity index (χ0v) is 13.4. The molecule has 1 aliphatic heterocycles. The molecule has 1 aliphatic rings. The average molecular weight is 339 g/mol. The maximum absolute atomic E-state index is 11.9. The third kappa shape index (κ3) is 4.71. The van der Waals surface area contributed by atoms with E-state index in [1.807, 2.05) is 0 Å². The predicted molar refractivity (Wildman–Crippen MR) is 89.3 cm³/mol. The molecular formula is C16H19ClN2O4. The van der Waals surface area contributed by atoms with E-state index in [1.165, 1.54) is 6.07 Å². The molecule has 2 heterocycles. The molecule has 0 atom stereocenters. The topological polar surface area (TPSA) is 80.6 Å². The highest BCUT2D eigenvalue weighted by Gasteiger charge is 2.15. The van der Waals surface area contributed by atoms with Gasteiger partial charge in [-0.05, 0) is 44.1 Å². The molecule has 0 spiro atoms. The lowest BCUT2D eigenvalue weighted by atomic mass is 10.1. The van der Waals surface area contributed by atoms with Crippen molar-refractivity contribution in [1.82, 2.24) is 10.6 Å². The zero-order chi connectivity index (χ0) is 15.4. The van der Waals surface area contributed by atoms with Crippen LogP contribution >= 0.6 is 12.4 Å². The molecule has 7 heteroatoms. The number of ether oxygens (including phenoxy) is 1. The average Bonchev–Trinajstić information content (AvgIpc) is 2.53. The first-order valence-corrected chi connectivity index (χ1v) is 7.37. The van der Waals surface area contributed by atoms with E-state index in [-0.39, 0.29) is 31.0 Å². The van der Waals surface area contributed by atoms with Crippen molar-refractivity contribution in [3.05, 3.63) is 40.8 Å². The van der Waals surface area contributed by atoms with Gasteiger partial charge >= 0.3 is 5.63 Å². The highest BCUT2D eigenvalue weighted by molar-refractivity contribution is 5.85. The summed E-state index contributed by atoms with van der Waals surface area (Å²) in [6.07, 6.45) is 1.87. The van der Waals surface area contributed by atoms with Crippen molar-refractivity contribution >= 4 is 29.3 Å². The Bertz CT molecular complexity index is 725. The molecule has 0 saturated carbocycles. The van der Waals surface area contributed by atoms with Crippen molar-refractivity contribution in [1.29, 1.82) is 0 Å². The van der Waals surface area contributed by atoms with E-state index < -0.39 is 5.63 Å². The van der Waals surface area contributed by atoms with Gasteiger partial charge in [0.25, 0.3) is 5.91 Å². The van der Waals surface area contributed by atoms with Crippen LogP contribution in [0.4, 0.5) is 0 Å². The molecule has 1 saturated heterocycles. The second-order valence-electron chi connectivity index (χ2n) is 5.33. The number of hydrogen-bond acceptors (Lipinski definition) is 5. The van der Waals surface area contributed by atoms with Crippen molar-refractivity contribution in [3.63, 3.8) is 0 Å². The summed E-state index contributed by atoms with van der Waals surface area (Å²) in [6.45, 7) is 1.80. The van der Waals surface area contributed by atoms with E-state index in [0.29, 0.717) is 11.3 Å². The highest BCUT2D eigenvalue weighted by Crippen LogP contribution is 2.19. The van der Waals surface area contributed by atoms with Crippen LogP contribution < -0.4 is 21.0 Å². The van der Waals surface area contributed by atoms with Crippen molar-refractivity contribution < 1.29 is 13.9 Å². The van der Waals surface area contributed by atoms with Gasteiger partial charge in [-0.3, -0.25) is 4.79 Å². The first-order valence-electron chi connectivity index (χ1n) is 7.37. The van der Waals surface area contributed by atoms with Crippen LogP contribution in [0, 0.1) is 0 Å². The number of halogens is 1. The quantitative estimate of drug-likeness (QED) is 0.825. The van der Waals surface area contributed by atoms with Crippen LogP contribution in [-0.2, 0) is 4.79 Å². The Morgan fingerprint density at radius 3 is 2.78 bits per heavy atom. The highest BCUT2D eigenvalue weighted by atomic mass is 35.5. The second-order valence-corrected chi connectivity index (χ2v) is 5.33. The second kappa shape index (κ2) is 7.99. The normalized spacial score (nSPS) is 15.0. The first-order chi connectivity index (χ1) is 10.7. The maximum Gasteiger partial charge on any atom is 0.336 e. The van der Waals surface area contributed by atoms with Crippen LogP contribution in [0.1, 0.15) is 12.8 Å². The van der Waals surface area contributed by atoms with Crippen LogP contribution in [0.5, 0.6) is 5.75 Å². The van der Waals surface area contributed by atoms with Gasteiger partial charge in [0, 0.05) is 23.6 Å².